The Morgan fingerprint density at radius 3 is 2.70 bits per heavy atom. The van der Waals surface area contributed by atoms with Gasteiger partial charge >= 0.3 is 0 Å². The lowest BCUT2D eigenvalue weighted by Gasteiger charge is -2.12. The highest BCUT2D eigenvalue weighted by Gasteiger charge is 2.20. The van der Waals surface area contributed by atoms with Gasteiger partial charge in [0.2, 0.25) is 5.91 Å². The van der Waals surface area contributed by atoms with Gasteiger partial charge in [-0.25, -0.2) is 4.39 Å². The van der Waals surface area contributed by atoms with Gasteiger partial charge in [0.15, 0.2) is 5.16 Å². The van der Waals surface area contributed by atoms with Crippen LogP contribution in [0.2, 0.25) is 5.02 Å². The fourth-order valence-corrected chi connectivity index (χ4v) is 3.47. The van der Waals surface area contributed by atoms with E-state index in [1.807, 2.05) is 41.9 Å². The molecule has 0 radical (unpaired) electrons. The van der Waals surface area contributed by atoms with E-state index < -0.39 is 11.1 Å². The molecule has 2 aromatic carbocycles. The van der Waals surface area contributed by atoms with Crippen molar-refractivity contribution in [1.82, 2.24) is 14.8 Å². The molecule has 0 saturated heterocycles. The number of hydrogen-bond donors (Lipinski definition) is 1. The average Bonchev–Trinajstić information content (AvgIpc) is 2.98. The van der Waals surface area contributed by atoms with Crippen LogP contribution in [0.25, 0.3) is 0 Å². The molecular formula is C19H18ClFN4OS. The second kappa shape index (κ2) is 8.54. The summed E-state index contributed by atoms with van der Waals surface area (Å²) in [5.41, 5.74) is 1.51. The fraction of sp³-hybridized carbons (Fsp3) is 0.211. The van der Waals surface area contributed by atoms with Gasteiger partial charge in [-0.3, -0.25) is 4.79 Å². The number of thioether (sulfide) groups is 1. The molecule has 1 aromatic heterocycles. The van der Waals surface area contributed by atoms with Gasteiger partial charge in [0.25, 0.3) is 0 Å². The molecule has 1 heterocycles. The number of halogens is 2. The van der Waals surface area contributed by atoms with Crippen molar-refractivity contribution in [3.05, 3.63) is 70.8 Å². The quantitative estimate of drug-likeness (QED) is 0.621. The number of benzene rings is 2. The maximum absolute atomic E-state index is 13.1. The zero-order valence-corrected chi connectivity index (χ0v) is 16.4. The van der Waals surface area contributed by atoms with E-state index in [9.17, 15) is 9.18 Å². The number of carbonyl (C=O) groups is 1. The first-order valence-electron chi connectivity index (χ1n) is 8.29. The van der Waals surface area contributed by atoms with E-state index in [1.165, 1.54) is 23.9 Å². The summed E-state index contributed by atoms with van der Waals surface area (Å²) in [6, 6.07) is 13.8. The maximum Gasteiger partial charge on any atom is 0.237 e. The number of carbonyl (C=O) groups excluding carboxylic acids is 1. The SMILES string of the molecule is C[C@@H](Sc1nnc(Cc2ccccc2)n1C)C(=O)Nc1ccc(F)cc1Cl. The van der Waals surface area contributed by atoms with E-state index in [1.54, 1.807) is 6.92 Å². The van der Waals surface area contributed by atoms with Gasteiger partial charge in [0, 0.05) is 13.5 Å². The Bertz CT molecular complexity index is 948. The summed E-state index contributed by atoms with van der Waals surface area (Å²) in [5.74, 6) is 0.115. The predicted octanol–water partition coefficient (Wildman–Crippen LogP) is 4.32. The standard InChI is InChI=1S/C19H18ClFN4OS/c1-12(18(26)22-16-9-8-14(21)11-15(16)20)27-19-24-23-17(25(19)2)10-13-6-4-3-5-7-13/h3-9,11-12H,10H2,1-2H3,(H,22,26)/t12-/m1/s1. The highest BCUT2D eigenvalue weighted by atomic mass is 35.5. The van der Waals surface area contributed by atoms with Gasteiger partial charge in [-0.2, -0.15) is 0 Å². The van der Waals surface area contributed by atoms with Gasteiger partial charge in [0.05, 0.1) is 16.0 Å². The Balaban J connectivity index is 1.65. The van der Waals surface area contributed by atoms with Crippen molar-refractivity contribution in [2.45, 2.75) is 23.8 Å². The monoisotopic (exact) mass is 404 g/mol. The first-order valence-corrected chi connectivity index (χ1v) is 9.54. The lowest BCUT2D eigenvalue weighted by atomic mass is 10.1. The Morgan fingerprint density at radius 2 is 2.00 bits per heavy atom. The molecule has 0 spiro atoms. The molecule has 27 heavy (non-hydrogen) atoms. The lowest BCUT2D eigenvalue weighted by Crippen LogP contribution is -2.23. The number of aromatic nitrogens is 3. The zero-order valence-electron chi connectivity index (χ0n) is 14.8. The highest BCUT2D eigenvalue weighted by Crippen LogP contribution is 2.26. The van der Waals surface area contributed by atoms with Crippen LogP contribution < -0.4 is 5.32 Å². The molecule has 1 amide bonds. The number of nitrogens with zero attached hydrogens (tertiary/aromatic N) is 3. The van der Waals surface area contributed by atoms with Crippen LogP contribution in [0.3, 0.4) is 0 Å². The van der Waals surface area contributed by atoms with Crippen LogP contribution in [0.1, 0.15) is 18.3 Å². The summed E-state index contributed by atoms with van der Waals surface area (Å²) in [6.07, 6.45) is 0.663. The average molecular weight is 405 g/mol. The smallest absolute Gasteiger partial charge is 0.237 e. The molecule has 3 aromatic rings. The van der Waals surface area contributed by atoms with E-state index in [-0.39, 0.29) is 10.9 Å². The van der Waals surface area contributed by atoms with E-state index in [0.29, 0.717) is 17.3 Å². The minimum atomic E-state index is -0.453. The summed E-state index contributed by atoms with van der Waals surface area (Å²) in [4.78, 5) is 12.4. The third-order valence-corrected chi connectivity index (χ3v) is 5.42. The summed E-state index contributed by atoms with van der Waals surface area (Å²) in [5, 5.41) is 11.5. The van der Waals surface area contributed by atoms with Crippen LogP contribution in [0.15, 0.2) is 53.7 Å². The molecule has 1 atom stereocenters. The van der Waals surface area contributed by atoms with Gasteiger partial charge in [-0.1, -0.05) is 53.7 Å². The van der Waals surface area contributed by atoms with Crippen LogP contribution in [0.4, 0.5) is 10.1 Å². The Labute approximate surface area is 166 Å². The maximum atomic E-state index is 13.1. The molecule has 5 nitrogen and oxygen atoms in total. The molecule has 0 saturated carbocycles. The van der Waals surface area contributed by atoms with Crippen molar-refractivity contribution in [1.29, 1.82) is 0 Å². The first-order chi connectivity index (χ1) is 12.9. The van der Waals surface area contributed by atoms with Crippen LogP contribution in [-0.4, -0.2) is 25.9 Å². The van der Waals surface area contributed by atoms with E-state index >= 15 is 0 Å². The van der Waals surface area contributed by atoms with Gasteiger partial charge < -0.3 is 9.88 Å². The normalized spacial score (nSPS) is 12.0. The van der Waals surface area contributed by atoms with Crippen molar-refractivity contribution >= 4 is 35.0 Å². The predicted molar refractivity (Wildman–Crippen MR) is 106 cm³/mol. The summed E-state index contributed by atoms with van der Waals surface area (Å²) in [7, 11) is 1.88. The lowest BCUT2D eigenvalue weighted by molar-refractivity contribution is -0.115. The second-order valence-electron chi connectivity index (χ2n) is 5.99. The third kappa shape index (κ3) is 4.87. The molecule has 3 rings (SSSR count). The van der Waals surface area contributed by atoms with Crippen molar-refractivity contribution < 1.29 is 9.18 Å². The number of nitrogens with one attached hydrogen (secondary N) is 1. The number of anilines is 1. The largest absolute Gasteiger partial charge is 0.324 e. The minimum absolute atomic E-state index is 0.157. The molecule has 0 fully saturated rings. The van der Waals surface area contributed by atoms with Crippen LogP contribution >= 0.6 is 23.4 Å². The molecular weight excluding hydrogens is 387 g/mol. The number of rotatable bonds is 6. The molecule has 0 aliphatic heterocycles. The van der Waals surface area contributed by atoms with Gasteiger partial charge in [-0.05, 0) is 30.7 Å². The number of hydrogen-bond acceptors (Lipinski definition) is 4. The Kier molecular flexibility index (Phi) is 6.13. The topological polar surface area (TPSA) is 59.8 Å². The zero-order chi connectivity index (χ0) is 19.4. The number of amides is 1. The van der Waals surface area contributed by atoms with Crippen LogP contribution in [-0.2, 0) is 18.3 Å². The Hall–Kier alpha value is -2.38. The first kappa shape index (κ1) is 19.4. The van der Waals surface area contributed by atoms with Crippen molar-refractivity contribution in [3.63, 3.8) is 0 Å². The third-order valence-electron chi connectivity index (χ3n) is 3.97. The highest BCUT2D eigenvalue weighted by molar-refractivity contribution is 8.00. The van der Waals surface area contributed by atoms with Crippen molar-refractivity contribution in [2.75, 3.05) is 5.32 Å². The van der Waals surface area contributed by atoms with E-state index in [4.69, 9.17) is 11.6 Å². The molecule has 0 unspecified atom stereocenters. The van der Waals surface area contributed by atoms with Crippen molar-refractivity contribution in [2.24, 2.45) is 7.05 Å². The van der Waals surface area contributed by atoms with Gasteiger partial charge in [-0.15, -0.1) is 10.2 Å². The Morgan fingerprint density at radius 1 is 1.26 bits per heavy atom. The second-order valence-corrected chi connectivity index (χ2v) is 7.71. The molecule has 8 heteroatoms. The van der Waals surface area contributed by atoms with Crippen molar-refractivity contribution in [3.8, 4) is 0 Å². The molecule has 0 aliphatic carbocycles. The van der Waals surface area contributed by atoms with Crippen LogP contribution in [0, 0.1) is 5.82 Å². The summed E-state index contributed by atoms with van der Waals surface area (Å²) in [6.45, 7) is 1.77. The van der Waals surface area contributed by atoms with E-state index in [2.05, 4.69) is 15.5 Å². The molecule has 140 valence electrons. The van der Waals surface area contributed by atoms with E-state index in [0.717, 1.165) is 17.5 Å². The summed E-state index contributed by atoms with van der Waals surface area (Å²) >= 11 is 7.25. The minimum Gasteiger partial charge on any atom is -0.324 e. The van der Waals surface area contributed by atoms with Gasteiger partial charge in [0.1, 0.15) is 11.6 Å². The fourth-order valence-electron chi connectivity index (χ4n) is 2.42. The van der Waals surface area contributed by atoms with Crippen LogP contribution in [0.5, 0.6) is 0 Å². The summed E-state index contributed by atoms with van der Waals surface area (Å²) < 4.78 is 15.0. The molecule has 0 aliphatic rings. The molecule has 0 bridgehead atoms. The molecule has 1 N–H and O–H groups in total.